The van der Waals surface area contributed by atoms with Gasteiger partial charge in [-0.25, -0.2) is 0 Å². The summed E-state index contributed by atoms with van der Waals surface area (Å²) in [6, 6.07) is 7.66. The van der Waals surface area contributed by atoms with E-state index in [1.54, 1.807) is 24.6 Å². The van der Waals surface area contributed by atoms with Gasteiger partial charge in [0.05, 0.1) is 12.0 Å². The first-order valence-corrected chi connectivity index (χ1v) is 7.18. The standard InChI is InChI=1S/C16H15NO2S/c1-9-6-15(20-10(9)2)16(18)13-8-17-14-5-4-11(19-3)7-12(13)14/h4-8,17H,1-3H3. The van der Waals surface area contributed by atoms with Crippen molar-refractivity contribution in [2.45, 2.75) is 13.8 Å². The van der Waals surface area contributed by atoms with Crippen LogP contribution < -0.4 is 4.74 Å². The summed E-state index contributed by atoms with van der Waals surface area (Å²) < 4.78 is 5.23. The van der Waals surface area contributed by atoms with Crippen LogP contribution in [0, 0.1) is 13.8 Å². The number of aryl methyl sites for hydroxylation is 2. The lowest BCUT2D eigenvalue weighted by atomic mass is 10.1. The van der Waals surface area contributed by atoms with E-state index in [1.165, 1.54) is 4.88 Å². The Bertz CT molecular complexity index is 779. The number of rotatable bonds is 3. The van der Waals surface area contributed by atoms with Gasteiger partial charge in [-0.05, 0) is 43.7 Å². The van der Waals surface area contributed by atoms with Crippen molar-refractivity contribution in [1.82, 2.24) is 4.98 Å². The molecule has 0 aliphatic carbocycles. The molecular weight excluding hydrogens is 270 g/mol. The number of methoxy groups -OCH3 is 1. The van der Waals surface area contributed by atoms with Gasteiger partial charge < -0.3 is 9.72 Å². The molecule has 0 aliphatic heterocycles. The average molecular weight is 285 g/mol. The van der Waals surface area contributed by atoms with Crippen LogP contribution in [0.3, 0.4) is 0 Å². The lowest BCUT2D eigenvalue weighted by Crippen LogP contribution is -1.97. The molecular formula is C16H15NO2S. The van der Waals surface area contributed by atoms with Gasteiger partial charge in [0, 0.05) is 27.5 Å². The van der Waals surface area contributed by atoms with E-state index >= 15 is 0 Å². The molecule has 3 rings (SSSR count). The molecule has 2 heterocycles. The van der Waals surface area contributed by atoms with E-state index < -0.39 is 0 Å². The third-order valence-electron chi connectivity index (χ3n) is 3.52. The second-order valence-corrected chi connectivity index (χ2v) is 6.05. The smallest absolute Gasteiger partial charge is 0.205 e. The predicted octanol–water partition coefficient (Wildman–Crippen LogP) is 4.09. The maximum Gasteiger partial charge on any atom is 0.205 e. The third kappa shape index (κ3) is 2.02. The molecule has 20 heavy (non-hydrogen) atoms. The molecule has 0 amide bonds. The van der Waals surface area contributed by atoms with Crippen molar-refractivity contribution in [2.24, 2.45) is 0 Å². The van der Waals surface area contributed by atoms with Gasteiger partial charge in [0.2, 0.25) is 5.78 Å². The molecule has 102 valence electrons. The Morgan fingerprint density at radius 3 is 2.70 bits per heavy atom. The first-order chi connectivity index (χ1) is 9.60. The summed E-state index contributed by atoms with van der Waals surface area (Å²) in [6.07, 6.45) is 1.77. The first kappa shape index (κ1) is 12.9. The van der Waals surface area contributed by atoms with E-state index in [1.807, 2.05) is 38.1 Å². The number of benzene rings is 1. The summed E-state index contributed by atoms with van der Waals surface area (Å²) in [5, 5.41) is 0.901. The van der Waals surface area contributed by atoms with Gasteiger partial charge in [-0.2, -0.15) is 0 Å². The number of nitrogens with one attached hydrogen (secondary N) is 1. The molecule has 0 atom stereocenters. The Morgan fingerprint density at radius 1 is 1.25 bits per heavy atom. The van der Waals surface area contributed by atoms with Crippen LogP contribution in [0.25, 0.3) is 10.9 Å². The van der Waals surface area contributed by atoms with E-state index in [4.69, 9.17) is 4.74 Å². The fourth-order valence-electron chi connectivity index (χ4n) is 2.23. The zero-order chi connectivity index (χ0) is 14.3. The Morgan fingerprint density at radius 2 is 2.05 bits per heavy atom. The Hall–Kier alpha value is -2.07. The summed E-state index contributed by atoms with van der Waals surface area (Å²) in [5.74, 6) is 0.815. The minimum atomic E-state index is 0.0608. The van der Waals surface area contributed by atoms with Crippen LogP contribution in [0.15, 0.2) is 30.5 Å². The number of ketones is 1. The molecule has 1 aromatic carbocycles. The van der Waals surface area contributed by atoms with Crippen molar-refractivity contribution in [3.63, 3.8) is 0 Å². The van der Waals surface area contributed by atoms with Crippen molar-refractivity contribution in [3.8, 4) is 5.75 Å². The molecule has 0 radical (unpaired) electrons. The van der Waals surface area contributed by atoms with E-state index in [0.717, 1.165) is 27.1 Å². The van der Waals surface area contributed by atoms with Gasteiger partial charge in [0.25, 0.3) is 0 Å². The maximum atomic E-state index is 12.6. The molecule has 3 nitrogen and oxygen atoms in total. The Balaban J connectivity index is 2.11. The predicted molar refractivity (Wildman–Crippen MR) is 82.1 cm³/mol. The molecule has 2 aromatic heterocycles. The summed E-state index contributed by atoms with van der Waals surface area (Å²) in [4.78, 5) is 17.7. The molecule has 0 fully saturated rings. The molecule has 0 saturated carbocycles. The summed E-state index contributed by atoms with van der Waals surface area (Å²) in [5.41, 5.74) is 2.80. The second-order valence-electron chi connectivity index (χ2n) is 4.79. The van der Waals surface area contributed by atoms with Crippen molar-refractivity contribution in [2.75, 3.05) is 7.11 Å². The Kier molecular flexibility index (Phi) is 3.10. The number of fused-ring (bicyclic) bond motifs is 1. The highest BCUT2D eigenvalue weighted by Crippen LogP contribution is 2.28. The molecule has 0 saturated heterocycles. The van der Waals surface area contributed by atoms with Crippen LogP contribution in [0.1, 0.15) is 25.7 Å². The fraction of sp³-hybridized carbons (Fsp3) is 0.188. The highest BCUT2D eigenvalue weighted by Gasteiger charge is 2.17. The molecule has 0 aliphatic rings. The largest absolute Gasteiger partial charge is 0.497 e. The SMILES string of the molecule is COc1ccc2[nH]cc(C(=O)c3cc(C)c(C)s3)c2c1. The van der Waals surface area contributed by atoms with Gasteiger partial charge in [-0.1, -0.05) is 0 Å². The number of aromatic amines is 1. The summed E-state index contributed by atoms with van der Waals surface area (Å²) in [6.45, 7) is 4.07. The van der Waals surface area contributed by atoms with Crippen molar-refractivity contribution < 1.29 is 9.53 Å². The minimum absolute atomic E-state index is 0.0608. The molecule has 4 heteroatoms. The highest BCUT2D eigenvalue weighted by molar-refractivity contribution is 7.14. The van der Waals surface area contributed by atoms with Gasteiger partial charge >= 0.3 is 0 Å². The number of H-pyrrole nitrogens is 1. The number of carbonyl (C=O) groups excluding carboxylic acids is 1. The molecule has 3 aromatic rings. The fourth-order valence-corrected chi connectivity index (χ4v) is 3.22. The monoisotopic (exact) mass is 285 g/mol. The highest BCUT2D eigenvalue weighted by atomic mass is 32.1. The van der Waals surface area contributed by atoms with Gasteiger partial charge in [-0.3, -0.25) is 4.79 Å². The lowest BCUT2D eigenvalue weighted by Gasteiger charge is -2.00. The van der Waals surface area contributed by atoms with Crippen LogP contribution in [0.2, 0.25) is 0 Å². The average Bonchev–Trinajstić information content (AvgIpc) is 3.01. The quantitative estimate of drug-likeness (QED) is 0.737. The number of hydrogen-bond donors (Lipinski definition) is 1. The van der Waals surface area contributed by atoms with E-state index in [0.29, 0.717) is 5.56 Å². The second kappa shape index (κ2) is 4.80. The first-order valence-electron chi connectivity index (χ1n) is 6.37. The third-order valence-corrected chi connectivity index (χ3v) is 4.67. The van der Waals surface area contributed by atoms with Crippen LogP contribution in [0.4, 0.5) is 0 Å². The molecule has 0 spiro atoms. The van der Waals surface area contributed by atoms with Gasteiger partial charge in [0.15, 0.2) is 0 Å². The zero-order valence-electron chi connectivity index (χ0n) is 11.6. The number of hydrogen-bond acceptors (Lipinski definition) is 3. The molecule has 0 unspecified atom stereocenters. The van der Waals surface area contributed by atoms with Crippen LogP contribution in [-0.2, 0) is 0 Å². The van der Waals surface area contributed by atoms with E-state index in [2.05, 4.69) is 4.98 Å². The lowest BCUT2D eigenvalue weighted by molar-refractivity contribution is 0.104. The van der Waals surface area contributed by atoms with Gasteiger partial charge in [-0.15, -0.1) is 11.3 Å². The number of ether oxygens (including phenoxy) is 1. The number of aromatic nitrogens is 1. The molecule has 0 bridgehead atoms. The van der Waals surface area contributed by atoms with Crippen LogP contribution in [-0.4, -0.2) is 17.9 Å². The van der Waals surface area contributed by atoms with E-state index in [-0.39, 0.29) is 5.78 Å². The number of thiophene rings is 1. The van der Waals surface area contributed by atoms with Crippen molar-refractivity contribution >= 4 is 28.0 Å². The van der Waals surface area contributed by atoms with Gasteiger partial charge in [0.1, 0.15) is 5.75 Å². The minimum Gasteiger partial charge on any atom is -0.497 e. The summed E-state index contributed by atoms with van der Waals surface area (Å²) >= 11 is 1.54. The van der Waals surface area contributed by atoms with Crippen molar-refractivity contribution in [1.29, 1.82) is 0 Å². The van der Waals surface area contributed by atoms with E-state index in [9.17, 15) is 4.79 Å². The molecule has 1 N–H and O–H groups in total. The zero-order valence-corrected chi connectivity index (χ0v) is 12.4. The summed E-state index contributed by atoms with van der Waals surface area (Å²) in [7, 11) is 1.63. The van der Waals surface area contributed by atoms with Crippen LogP contribution in [0.5, 0.6) is 5.75 Å². The number of carbonyl (C=O) groups is 1. The van der Waals surface area contributed by atoms with Crippen LogP contribution >= 0.6 is 11.3 Å². The normalized spacial score (nSPS) is 10.9. The van der Waals surface area contributed by atoms with Crippen molar-refractivity contribution in [3.05, 3.63) is 51.3 Å². The Labute approximate surface area is 121 Å². The maximum absolute atomic E-state index is 12.6. The topological polar surface area (TPSA) is 42.1 Å².